The number of rotatable bonds is 5. The van der Waals surface area contributed by atoms with Crippen molar-refractivity contribution in [3.63, 3.8) is 0 Å². The van der Waals surface area contributed by atoms with Gasteiger partial charge in [0.15, 0.2) is 0 Å². The van der Waals surface area contributed by atoms with Crippen LogP contribution in [0.15, 0.2) is 41.3 Å². The van der Waals surface area contributed by atoms with Gasteiger partial charge in [0.25, 0.3) is 5.91 Å². The van der Waals surface area contributed by atoms with Crippen molar-refractivity contribution in [3.8, 4) is 0 Å². The fourth-order valence-corrected chi connectivity index (χ4v) is 3.42. The average molecular weight is 389 g/mol. The van der Waals surface area contributed by atoms with Gasteiger partial charge in [-0.1, -0.05) is 17.7 Å². The van der Waals surface area contributed by atoms with Crippen molar-refractivity contribution >= 4 is 27.5 Å². The standard InChI is InChI=1S/C16H15ClF2N2O3S/c1-9(12-5-4-11(18)8-14(12)19)21-16(22)10-3-6-13(17)15(7-10)25(23,24)20-2/h3-9,20H,1-2H3,(H,21,22)/t9-/m0/s1. The number of benzene rings is 2. The largest absolute Gasteiger partial charge is 0.345 e. The van der Waals surface area contributed by atoms with Crippen LogP contribution in [0.5, 0.6) is 0 Å². The third-order valence-corrected chi connectivity index (χ3v) is 5.42. The van der Waals surface area contributed by atoms with E-state index in [0.29, 0.717) is 0 Å². The van der Waals surface area contributed by atoms with Crippen molar-refractivity contribution in [1.29, 1.82) is 0 Å². The Morgan fingerprint density at radius 1 is 1.16 bits per heavy atom. The van der Waals surface area contributed by atoms with Gasteiger partial charge in [-0.3, -0.25) is 4.79 Å². The van der Waals surface area contributed by atoms with Gasteiger partial charge < -0.3 is 5.32 Å². The number of nitrogens with one attached hydrogen (secondary N) is 2. The Balaban J connectivity index is 2.28. The molecule has 134 valence electrons. The molecule has 2 N–H and O–H groups in total. The Morgan fingerprint density at radius 3 is 2.44 bits per heavy atom. The molecule has 0 aromatic heterocycles. The fraction of sp³-hybridized carbons (Fsp3) is 0.188. The van der Waals surface area contributed by atoms with Gasteiger partial charge in [0.1, 0.15) is 16.5 Å². The van der Waals surface area contributed by atoms with Crippen LogP contribution < -0.4 is 10.0 Å². The van der Waals surface area contributed by atoms with Crippen molar-refractivity contribution in [2.24, 2.45) is 0 Å². The fourth-order valence-electron chi connectivity index (χ4n) is 2.17. The van der Waals surface area contributed by atoms with E-state index in [9.17, 15) is 22.0 Å². The van der Waals surface area contributed by atoms with E-state index in [-0.39, 0.29) is 21.0 Å². The lowest BCUT2D eigenvalue weighted by Gasteiger charge is -2.16. The van der Waals surface area contributed by atoms with Gasteiger partial charge in [-0.25, -0.2) is 21.9 Å². The first-order valence-electron chi connectivity index (χ1n) is 7.14. The second-order valence-electron chi connectivity index (χ2n) is 5.21. The Bertz CT molecular complexity index is 920. The summed E-state index contributed by atoms with van der Waals surface area (Å²) in [6.07, 6.45) is 0. The van der Waals surface area contributed by atoms with Crippen molar-refractivity contribution in [2.45, 2.75) is 17.9 Å². The lowest BCUT2D eigenvalue weighted by atomic mass is 10.1. The van der Waals surface area contributed by atoms with Crippen LogP contribution in [-0.4, -0.2) is 21.4 Å². The van der Waals surface area contributed by atoms with Crippen molar-refractivity contribution in [1.82, 2.24) is 10.0 Å². The summed E-state index contributed by atoms with van der Waals surface area (Å²) in [6.45, 7) is 1.52. The van der Waals surface area contributed by atoms with Crippen LogP contribution in [0.3, 0.4) is 0 Å². The first-order valence-corrected chi connectivity index (χ1v) is 9.00. The highest BCUT2D eigenvalue weighted by molar-refractivity contribution is 7.89. The molecule has 1 amide bonds. The summed E-state index contributed by atoms with van der Waals surface area (Å²) in [5, 5.41) is 2.49. The van der Waals surface area contributed by atoms with Crippen molar-refractivity contribution in [3.05, 3.63) is 64.2 Å². The van der Waals surface area contributed by atoms with Crippen LogP contribution in [-0.2, 0) is 10.0 Å². The zero-order chi connectivity index (χ0) is 18.8. The number of amides is 1. The summed E-state index contributed by atoms with van der Waals surface area (Å²) in [5.41, 5.74) is 0.138. The van der Waals surface area contributed by atoms with E-state index >= 15 is 0 Å². The highest BCUT2D eigenvalue weighted by Crippen LogP contribution is 2.23. The Hall–Kier alpha value is -2.03. The maximum Gasteiger partial charge on any atom is 0.251 e. The summed E-state index contributed by atoms with van der Waals surface area (Å²) >= 11 is 5.87. The molecule has 0 bridgehead atoms. The van der Waals surface area contributed by atoms with Crippen LogP contribution in [0.1, 0.15) is 28.9 Å². The van der Waals surface area contributed by atoms with E-state index in [1.807, 2.05) is 0 Å². The maximum atomic E-state index is 13.8. The summed E-state index contributed by atoms with van der Waals surface area (Å²) in [4.78, 5) is 12.1. The van der Waals surface area contributed by atoms with Gasteiger partial charge in [-0.15, -0.1) is 0 Å². The molecule has 0 radical (unpaired) electrons. The van der Waals surface area contributed by atoms with E-state index in [1.54, 1.807) is 0 Å². The summed E-state index contributed by atoms with van der Waals surface area (Å²) in [5.74, 6) is -2.14. The molecule has 0 heterocycles. The van der Waals surface area contributed by atoms with Gasteiger partial charge in [0.05, 0.1) is 11.1 Å². The van der Waals surface area contributed by atoms with Gasteiger partial charge in [-0.2, -0.15) is 0 Å². The zero-order valence-electron chi connectivity index (χ0n) is 13.3. The molecular weight excluding hydrogens is 374 g/mol. The molecule has 0 saturated carbocycles. The Kier molecular flexibility index (Phi) is 5.76. The molecule has 9 heteroatoms. The number of carbonyl (C=O) groups is 1. The molecular formula is C16H15ClF2N2O3S. The minimum atomic E-state index is -3.84. The molecule has 0 aliphatic heterocycles. The number of hydrogen-bond donors (Lipinski definition) is 2. The molecule has 1 atom stereocenters. The Labute approximate surface area is 149 Å². The van der Waals surface area contributed by atoms with E-state index < -0.39 is 33.6 Å². The normalized spacial score (nSPS) is 12.7. The average Bonchev–Trinajstić information content (AvgIpc) is 2.54. The van der Waals surface area contributed by atoms with E-state index in [4.69, 9.17) is 11.6 Å². The maximum absolute atomic E-state index is 13.8. The predicted octanol–water partition coefficient (Wildman–Crippen LogP) is 3.02. The molecule has 0 aliphatic rings. The van der Waals surface area contributed by atoms with Crippen LogP contribution in [0.4, 0.5) is 8.78 Å². The number of halogens is 3. The molecule has 25 heavy (non-hydrogen) atoms. The van der Waals surface area contributed by atoms with Gasteiger partial charge in [0.2, 0.25) is 10.0 Å². The predicted molar refractivity (Wildman–Crippen MR) is 89.9 cm³/mol. The molecule has 2 rings (SSSR count). The lowest BCUT2D eigenvalue weighted by Crippen LogP contribution is -2.28. The molecule has 2 aromatic carbocycles. The topological polar surface area (TPSA) is 75.3 Å². The van der Waals surface area contributed by atoms with Crippen LogP contribution in [0.25, 0.3) is 0 Å². The zero-order valence-corrected chi connectivity index (χ0v) is 14.9. The van der Waals surface area contributed by atoms with Crippen LogP contribution in [0, 0.1) is 11.6 Å². The monoisotopic (exact) mass is 388 g/mol. The molecule has 0 saturated heterocycles. The SMILES string of the molecule is CNS(=O)(=O)c1cc(C(=O)N[C@@H](C)c2ccc(F)cc2F)ccc1Cl. The Morgan fingerprint density at radius 2 is 1.84 bits per heavy atom. The molecule has 0 fully saturated rings. The third-order valence-electron chi connectivity index (χ3n) is 3.53. The highest BCUT2D eigenvalue weighted by atomic mass is 35.5. The summed E-state index contributed by atoms with van der Waals surface area (Å²) in [7, 11) is -2.62. The first-order chi connectivity index (χ1) is 11.7. The van der Waals surface area contributed by atoms with Gasteiger partial charge in [0, 0.05) is 17.2 Å². The van der Waals surface area contributed by atoms with E-state index in [0.717, 1.165) is 18.2 Å². The molecule has 2 aromatic rings. The van der Waals surface area contributed by atoms with Gasteiger partial charge in [-0.05, 0) is 38.2 Å². The molecule has 0 aliphatic carbocycles. The van der Waals surface area contributed by atoms with Gasteiger partial charge >= 0.3 is 0 Å². The van der Waals surface area contributed by atoms with Crippen molar-refractivity contribution < 1.29 is 22.0 Å². The van der Waals surface area contributed by atoms with Crippen LogP contribution in [0.2, 0.25) is 5.02 Å². The lowest BCUT2D eigenvalue weighted by molar-refractivity contribution is 0.0939. The first kappa shape index (κ1) is 19.3. The second-order valence-corrected chi connectivity index (χ2v) is 7.48. The summed E-state index contributed by atoms with van der Waals surface area (Å²) < 4.78 is 52.7. The minimum Gasteiger partial charge on any atom is -0.345 e. The minimum absolute atomic E-state index is 0.0348. The number of hydrogen-bond acceptors (Lipinski definition) is 3. The van der Waals surface area contributed by atoms with E-state index in [2.05, 4.69) is 10.0 Å². The highest BCUT2D eigenvalue weighted by Gasteiger charge is 2.20. The third kappa shape index (κ3) is 4.33. The molecule has 0 spiro atoms. The summed E-state index contributed by atoms with van der Waals surface area (Å²) in [6, 6.07) is 6.03. The molecule has 5 nitrogen and oxygen atoms in total. The second kappa shape index (κ2) is 7.47. The quantitative estimate of drug-likeness (QED) is 0.826. The molecule has 0 unspecified atom stereocenters. The van der Waals surface area contributed by atoms with Crippen molar-refractivity contribution in [2.75, 3.05) is 7.05 Å². The smallest absolute Gasteiger partial charge is 0.251 e. The number of sulfonamides is 1. The van der Waals surface area contributed by atoms with E-state index in [1.165, 1.54) is 32.2 Å². The number of carbonyl (C=O) groups excluding carboxylic acids is 1. The van der Waals surface area contributed by atoms with Crippen LogP contribution >= 0.6 is 11.6 Å².